The summed E-state index contributed by atoms with van der Waals surface area (Å²) in [6.07, 6.45) is 0. The van der Waals surface area contributed by atoms with Gasteiger partial charge in [-0.2, -0.15) is 0 Å². The van der Waals surface area contributed by atoms with Crippen LogP contribution in [0.4, 0.5) is 21.3 Å². The number of ether oxygens (including phenoxy) is 3. The standard InChI is InChI=1S/C19H18N4O5S/c1-10(24)20-19-23-17-15(26-2)8-12(9-16(17)29-19)22-18(25)21-11-3-4-13-14(7-11)28-6-5-27-13/h3-4,7-9H,5-6H2,1-2H3,(H,20,23,24)(H2,21,22,25). The van der Waals surface area contributed by atoms with Crippen LogP contribution in [0.3, 0.4) is 0 Å². The summed E-state index contributed by atoms with van der Waals surface area (Å²) in [7, 11) is 1.52. The molecule has 10 heteroatoms. The van der Waals surface area contributed by atoms with E-state index in [-0.39, 0.29) is 5.91 Å². The van der Waals surface area contributed by atoms with Gasteiger partial charge in [-0.05, 0) is 18.2 Å². The first kappa shape index (κ1) is 18.8. The lowest BCUT2D eigenvalue weighted by Gasteiger charge is -2.19. The van der Waals surface area contributed by atoms with Crippen LogP contribution in [0.2, 0.25) is 0 Å². The van der Waals surface area contributed by atoms with E-state index in [9.17, 15) is 9.59 Å². The molecule has 0 unspecified atom stereocenters. The van der Waals surface area contributed by atoms with Crippen LogP contribution in [0.1, 0.15) is 6.92 Å². The molecule has 0 saturated carbocycles. The van der Waals surface area contributed by atoms with Crippen LogP contribution < -0.4 is 30.2 Å². The molecule has 3 N–H and O–H groups in total. The van der Waals surface area contributed by atoms with Crippen molar-refractivity contribution in [1.82, 2.24) is 4.98 Å². The lowest BCUT2D eigenvalue weighted by Crippen LogP contribution is -2.20. The highest BCUT2D eigenvalue weighted by molar-refractivity contribution is 7.22. The van der Waals surface area contributed by atoms with Crippen LogP contribution in [0, 0.1) is 0 Å². The predicted octanol–water partition coefficient (Wildman–Crippen LogP) is 3.68. The van der Waals surface area contributed by atoms with E-state index in [2.05, 4.69) is 20.9 Å². The highest BCUT2D eigenvalue weighted by atomic mass is 32.1. The van der Waals surface area contributed by atoms with Gasteiger partial charge in [0.2, 0.25) is 5.91 Å². The van der Waals surface area contributed by atoms with E-state index in [0.717, 1.165) is 4.70 Å². The van der Waals surface area contributed by atoms with Crippen molar-refractivity contribution >= 4 is 50.0 Å². The number of carbonyl (C=O) groups excluding carboxylic acids is 2. The summed E-state index contributed by atoms with van der Waals surface area (Å²) in [6, 6.07) is 8.21. The molecule has 150 valence electrons. The van der Waals surface area contributed by atoms with Crippen molar-refractivity contribution in [2.75, 3.05) is 36.3 Å². The average Bonchev–Trinajstić information content (AvgIpc) is 3.08. The Hall–Kier alpha value is -3.53. The van der Waals surface area contributed by atoms with Gasteiger partial charge in [0.25, 0.3) is 0 Å². The molecular weight excluding hydrogens is 396 g/mol. The SMILES string of the molecule is COc1cc(NC(=O)Nc2ccc3c(c2)OCCO3)cc2sc(NC(C)=O)nc12. The first-order chi connectivity index (χ1) is 14.0. The number of amides is 3. The Morgan fingerprint density at radius 1 is 1.03 bits per heavy atom. The quantitative estimate of drug-likeness (QED) is 0.601. The molecule has 0 fully saturated rings. The van der Waals surface area contributed by atoms with E-state index in [4.69, 9.17) is 14.2 Å². The van der Waals surface area contributed by atoms with Gasteiger partial charge in [-0.1, -0.05) is 11.3 Å². The smallest absolute Gasteiger partial charge is 0.323 e. The second-order valence-corrected chi connectivity index (χ2v) is 7.19. The molecule has 29 heavy (non-hydrogen) atoms. The van der Waals surface area contributed by atoms with Gasteiger partial charge in [0.05, 0.1) is 11.8 Å². The van der Waals surface area contributed by atoms with Crippen molar-refractivity contribution < 1.29 is 23.8 Å². The lowest BCUT2D eigenvalue weighted by atomic mass is 10.2. The molecule has 4 rings (SSSR count). The number of carbonyl (C=O) groups is 2. The van der Waals surface area contributed by atoms with Crippen LogP contribution in [-0.4, -0.2) is 37.2 Å². The first-order valence-electron chi connectivity index (χ1n) is 8.75. The summed E-state index contributed by atoms with van der Waals surface area (Å²) in [5, 5.41) is 8.65. The largest absolute Gasteiger partial charge is 0.494 e. The third kappa shape index (κ3) is 4.16. The Morgan fingerprint density at radius 2 is 1.79 bits per heavy atom. The molecule has 0 saturated heterocycles. The van der Waals surface area contributed by atoms with Gasteiger partial charge in [-0.15, -0.1) is 0 Å². The van der Waals surface area contributed by atoms with E-state index in [0.29, 0.717) is 52.5 Å². The maximum absolute atomic E-state index is 12.4. The number of thiazole rings is 1. The third-order valence-electron chi connectivity index (χ3n) is 4.02. The van der Waals surface area contributed by atoms with Crippen LogP contribution in [-0.2, 0) is 4.79 Å². The predicted molar refractivity (Wildman–Crippen MR) is 111 cm³/mol. The Balaban J connectivity index is 1.52. The number of urea groups is 1. The number of fused-ring (bicyclic) bond motifs is 2. The molecule has 0 aliphatic carbocycles. The Bertz CT molecular complexity index is 1100. The molecule has 1 aliphatic heterocycles. The van der Waals surface area contributed by atoms with Gasteiger partial charge in [0, 0.05) is 30.4 Å². The summed E-state index contributed by atoms with van der Waals surface area (Å²) in [5.41, 5.74) is 1.71. The van der Waals surface area contributed by atoms with Crippen molar-refractivity contribution in [3.63, 3.8) is 0 Å². The van der Waals surface area contributed by atoms with Crippen molar-refractivity contribution in [2.45, 2.75) is 6.92 Å². The highest BCUT2D eigenvalue weighted by Gasteiger charge is 2.15. The summed E-state index contributed by atoms with van der Waals surface area (Å²) >= 11 is 1.29. The maximum Gasteiger partial charge on any atom is 0.323 e. The van der Waals surface area contributed by atoms with Crippen LogP contribution >= 0.6 is 11.3 Å². The zero-order chi connectivity index (χ0) is 20.4. The van der Waals surface area contributed by atoms with Gasteiger partial charge in [-0.25, -0.2) is 9.78 Å². The van der Waals surface area contributed by atoms with E-state index >= 15 is 0 Å². The van der Waals surface area contributed by atoms with Crippen molar-refractivity contribution in [3.8, 4) is 17.2 Å². The second-order valence-electron chi connectivity index (χ2n) is 6.16. The van der Waals surface area contributed by atoms with Gasteiger partial charge >= 0.3 is 6.03 Å². The third-order valence-corrected chi connectivity index (χ3v) is 4.94. The Kier molecular flexibility index (Phi) is 5.09. The molecule has 2 heterocycles. The van der Waals surface area contributed by atoms with E-state index in [1.165, 1.54) is 25.4 Å². The lowest BCUT2D eigenvalue weighted by molar-refractivity contribution is -0.114. The number of nitrogens with zero attached hydrogens (tertiary/aromatic N) is 1. The molecule has 2 aromatic carbocycles. The minimum atomic E-state index is -0.422. The molecule has 3 aromatic rings. The number of anilines is 3. The van der Waals surface area contributed by atoms with Crippen LogP contribution in [0.25, 0.3) is 10.2 Å². The minimum absolute atomic E-state index is 0.208. The van der Waals surface area contributed by atoms with Gasteiger partial charge in [-0.3, -0.25) is 4.79 Å². The molecule has 0 bridgehead atoms. The number of methoxy groups -OCH3 is 1. The van der Waals surface area contributed by atoms with E-state index in [1.54, 1.807) is 30.3 Å². The summed E-state index contributed by atoms with van der Waals surface area (Å²) in [5.74, 6) is 1.52. The maximum atomic E-state index is 12.4. The van der Waals surface area contributed by atoms with Crippen LogP contribution in [0.5, 0.6) is 17.2 Å². The highest BCUT2D eigenvalue weighted by Crippen LogP contribution is 2.36. The zero-order valence-electron chi connectivity index (χ0n) is 15.7. The number of nitrogens with one attached hydrogen (secondary N) is 3. The summed E-state index contributed by atoms with van der Waals surface area (Å²) in [6.45, 7) is 2.39. The van der Waals surface area contributed by atoms with Crippen molar-refractivity contribution in [2.24, 2.45) is 0 Å². The minimum Gasteiger partial charge on any atom is -0.494 e. The van der Waals surface area contributed by atoms with Gasteiger partial charge in [0.15, 0.2) is 16.6 Å². The Labute approximate surface area is 170 Å². The molecule has 1 aromatic heterocycles. The monoisotopic (exact) mass is 414 g/mol. The van der Waals surface area contributed by atoms with E-state index in [1.807, 2.05) is 0 Å². The molecular formula is C19H18N4O5S. The fourth-order valence-corrected chi connectivity index (χ4v) is 3.81. The molecule has 1 aliphatic rings. The van der Waals surface area contributed by atoms with E-state index < -0.39 is 6.03 Å². The van der Waals surface area contributed by atoms with Crippen LogP contribution in [0.15, 0.2) is 30.3 Å². The van der Waals surface area contributed by atoms with Crippen molar-refractivity contribution in [3.05, 3.63) is 30.3 Å². The summed E-state index contributed by atoms with van der Waals surface area (Å²) < 4.78 is 17.1. The van der Waals surface area contributed by atoms with Gasteiger partial charge in [0.1, 0.15) is 24.5 Å². The molecule has 0 spiro atoms. The topological polar surface area (TPSA) is 111 Å². The number of rotatable bonds is 4. The van der Waals surface area contributed by atoms with Gasteiger partial charge < -0.3 is 30.2 Å². The number of hydrogen-bond donors (Lipinski definition) is 3. The number of aromatic nitrogens is 1. The zero-order valence-corrected chi connectivity index (χ0v) is 16.5. The fourth-order valence-electron chi connectivity index (χ4n) is 2.85. The molecule has 9 nitrogen and oxygen atoms in total. The molecule has 3 amide bonds. The fraction of sp³-hybridized carbons (Fsp3) is 0.211. The summed E-state index contributed by atoms with van der Waals surface area (Å²) in [4.78, 5) is 28.1. The second kappa shape index (κ2) is 7.84. The normalized spacial score (nSPS) is 12.3. The molecule has 0 atom stereocenters. The van der Waals surface area contributed by atoms with Crippen molar-refractivity contribution in [1.29, 1.82) is 0 Å². The Morgan fingerprint density at radius 3 is 2.55 bits per heavy atom. The first-order valence-corrected chi connectivity index (χ1v) is 9.57. The molecule has 0 radical (unpaired) electrons. The number of benzene rings is 2. The number of hydrogen-bond acceptors (Lipinski definition) is 7. The average molecular weight is 414 g/mol.